The van der Waals surface area contributed by atoms with Crippen LogP contribution < -0.4 is 20.8 Å². The average molecular weight is 891 g/mol. The zero-order valence-corrected chi connectivity index (χ0v) is 33.5. The lowest BCUT2D eigenvalue weighted by Crippen LogP contribution is -2.30. The summed E-state index contributed by atoms with van der Waals surface area (Å²) in [6, 6.07) is 7.45. The smallest absolute Gasteiger partial charge is 0.296 e. The van der Waals surface area contributed by atoms with Crippen molar-refractivity contribution in [2.45, 2.75) is 35.1 Å². The zero-order valence-electron chi connectivity index (χ0n) is 31.0. The first kappa shape index (κ1) is 44.2. The highest BCUT2D eigenvalue weighted by Crippen LogP contribution is 2.47. The van der Waals surface area contributed by atoms with Crippen LogP contribution in [-0.2, 0) is 36.9 Å². The number of ether oxygens (including phenoxy) is 2. The third-order valence-electron chi connectivity index (χ3n) is 8.39. The van der Waals surface area contributed by atoms with Crippen molar-refractivity contribution in [1.29, 1.82) is 0 Å². The molecular weight excluding hydrogens is 861 g/mol. The molecule has 0 unspecified atom stereocenters. The second kappa shape index (κ2) is 16.4. The molecule has 0 fully saturated rings. The first-order valence-electron chi connectivity index (χ1n) is 16.3. The molecular formula is C33H30N8O16S3. The summed E-state index contributed by atoms with van der Waals surface area (Å²) in [7, 11) is -12.8. The number of hydrogen-bond acceptors (Lipinski definition) is 19. The van der Waals surface area contributed by atoms with E-state index in [1.54, 1.807) is 0 Å². The van der Waals surface area contributed by atoms with E-state index >= 15 is 0 Å². The van der Waals surface area contributed by atoms with Crippen LogP contribution in [0.4, 0.5) is 34.1 Å². The SMILES string of the molecule is CCn1c(O)c(/N=N/c2ccc(/N=N/c3cc(OC)c(/N=N/c4c(S(=O)(=O)O)cc5cc(S(=O)(=O)O)cc(O)c5c4O)cc3OC)cc2S(=O)(=O)O)c(C)c(C(N)=O)c1=O. The third-order valence-corrected chi connectivity index (χ3v) is 11.0. The van der Waals surface area contributed by atoms with Crippen molar-refractivity contribution in [2.75, 3.05) is 14.2 Å². The van der Waals surface area contributed by atoms with Gasteiger partial charge in [-0.2, -0.15) is 30.4 Å². The number of phenols is 2. The number of amides is 1. The van der Waals surface area contributed by atoms with Crippen LogP contribution >= 0.6 is 0 Å². The van der Waals surface area contributed by atoms with Crippen LogP contribution in [0.25, 0.3) is 10.8 Å². The summed E-state index contributed by atoms with van der Waals surface area (Å²) in [5.74, 6) is -4.02. The van der Waals surface area contributed by atoms with Crippen molar-refractivity contribution in [2.24, 2.45) is 36.4 Å². The van der Waals surface area contributed by atoms with Gasteiger partial charge in [-0.05, 0) is 49.6 Å². The third kappa shape index (κ3) is 8.74. The number of azo groups is 3. The monoisotopic (exact) mass is 890 g/mol. The van der Waals surface area contributed by atoms with Crippen LogP contribution in [-0.4, -0.2) is 78.9 Å². The first-order chi connectivity index (χ1) is 27.9. The Kier molecular flexibility index (Phi) is 12.1. The summed E-state index contributed by atoms with van der Waals surface area (Å²) >= 11 is 0. The second-order valence-corrected chi connectivity index (χ2v) is 16.3. The van der Waals surface area contributed by atoms with Gasteiger partial charge < -0.3 is 30.5 Å². The van der Waals surface area contributed by atoms with Gasteiger partial charge in [-0.25, -0.2) is 0 Å². The minimum absolute atomic E-state index is 0.0838. The van der Waals surface area contributed by atoms with Gasteiger partial charge in [0.05, 0.1) is 30.2 Å². The number of methoxy groups -OCH3 is 2. The van der Waals surface area contributed by atoms with E-state index in [9.17, 15) is 63.8 Å². The lowest BCUT2D eigenvalue weighted by atomic mass is 10.1. The molecule has 27 heteroatoms. The molecule has 1 amide bonds. The minimum Gasteiger partial charge on any atom is -0.507 e. The van der Waals surface area contributed by atoms with E-state index in [0.717, 1.165) is 28.8 Å². The van der Waals surface area contributed by atoms with E-state index in [0.29, 0.717) is 12.1 Å². The number of primary amides is 1. The molecule has 1 aromatic heterocycles. The Balaban J connectivity index is 1.55. The summed E-state index contributed by atoms with van der Waals surface area (Å²) in [5.41, 5.74) is 1.58. The standard InChI is InChI=1S/C33H30N8O16S3/c1-5-41-32(45)26(31(34)44)14(2)28(33(41)46)39-36-18-7-6-16(10-24(18)59(50,51)52)35-37-19-12-23(57-4)20(13-22(19)56-3)38-40-29-25(60(53,54)55)9-15-8-17(58(47,48)49)11-21(42)27(15)30(29)43/h6-13,42-43,46H,5H2,1-4H3,(H2,34,44)(H,47,48,49)(H,50,51,52)(H,53,54,55)/b37-35+,39-36+,40-38+. The molecule has 4 aromatic carbocycles. The maximum atomic E-state index is 12.6. The molecule has 5 rings (SSSR count). The van der Waals surface area contributed by atoms with Crippen molar-refractivity contribution < 1.29 is 68.5 Å². The Bertz CT molecular complexity index is 3130. The van der Waals surface area contributed by atoms with Crippen LogP contribution in [0.5, 0.6) is 28.9 Å². The molecule has 0 spiro atoms. The lowest BCUT2D eigenvalue weighted by molar-refractivity contribution is 0.0997. The van der Waals surface area contributed by atoms with Crippen LogP contribution in [0.3, 0.4) is 0 Å². The highest BCUT2D eigenvalue weighted by atomic mass is 32.2. The first-order valence-corrected chi connectivity index (χ1v) is 20.6. The largest absolute Gasteiger partial charge is 0.507 e. The Morgan fingerprint density at radius 1 is 0.717 bits per heavy atom. The number of rotatable bonds is 13. The Morgan fingerprint density at radius 3 is 1.78 bits per heavy atom. The van der Waals surface area contributed by atoms with Gasteiger partial charge in [-0.1, -0.05) is 0 Å². The number of carbonyl (C=O) groups is 1. The Labute approximate surface area is 337 Å². The summed E-state index contributed by atoms with van der Waals surface area (Å²) in [4.78, 5) is 21.8. The van der Waals surface area contributed by atoms with Crippen molar-refractivity contribution >= 4 is 81.2 Å². The van der Waals surface area contributed by atoms with Gasteiger partial charge in [0, 0.05) is 30.3 Å². The van der Waals surface area contributed by atoms with Gasteiger partial charge in [0.15, 0.2) is 5.75 Å². The van der Waals surface area contributed by atoms with Gasteiger partial charge in [-0.15, -0.1) is 25.6 Å². The maximum Gasteiger partial charge on any atom is 0.296 e. The number of nitrogens with zero attached hydrogens (tertiary/aromatic N) is 7. The second-order valence-electron chi connectivity index (χ2n) is 12.1. The predicted octanol–water partition coefficient (Wildman–Crippen LogP) is 5.55. The van der Waals surface area contributed by atoms with E-state index in [1.807, 2.05) is 0 Å². The number of carbonyl (C=O) groups excluding carboxylic acids is 1. The van der Waals surface area contributed by atoms with E-state index in [2.05, 4.69) is 30.7 Å². The van der Waals surface area contributed by atoms with Crippen LogP contribution in [0.1, 0.15) is 22.8 Å². The molecule has 0 bridgehead atoms. The molecule has 8 N–H and O–H groups in total. The summed E-state index contributed by atoms with van der Waals surface area (Å²) in [5, 5.41) is 54.4. The lowest BCUT2D eigenvalue weighted by Gasteiger charge is -2.12. The fourth-order valence-corrected chi connectivity index (χ4v) is 7.42. The van der Waals surface area contributed by atoms with Gasteiger partial charge in [0.25, 0.3) is 41.8 Å². The minimum atomic E-state index is -5.22. The van der Waals surface area contributed by atoms with Crippen molar-refractivity contribution in [3.8, 4) is 28.9 Å². The fourth-order valence-electron chi connectivity index (χ4n) is 5.58. The van der Waals surface area contributed by atoms with Crippen LogP contribution in [0, 0.1) is 6.92 Å². The highest BCUT2D eigenvalue weighted by Gasteiger charge is 2.26. The van der Waals surface area contributed by atoms with E-state index in [4.69, 9.17) is 15.2 Å². The Hall–Kier alpha value is -6.91. The fraction of sp³-hybridized carbons (Fsp3) is 0.152. The molecule has 316 valence electrons. The molecule has 60 heavy (non-hydrogen) atoms. The average Bonchev–Trinajstić information content (AvgIpc) is 3.15. The van der Waals surface area contributed by atoms with Gasteiger partial charge in [-0.3, -0.25) is 27.8 Å². The summed E-state index contributed by atoms with van der Waals surface area (Å²) in [6.07, 6.45) is 0. The van der Waals surface area contributed by atoms with Crippen molar-refractivity contribution in [1.82, 2.24) is 4.57 Å². The molecule has 5 aromatic rings. The van der Waals surface area contributed by atoms with Gasteiger partial charge >= 0.3 is 0 Å². The number of hydrogen-bond donors (Lipinski definition) is 7. The van der Waals surface area contributed by atoms with E-state index in [-0.39, 0.29) is 46.4 Å². The van der Waals surface area contributed by atoms with Gasteiger partial charge in [0.1, 0.15) is 61.0 Å². The summed E-state index contributed by atoms with van der Waals surface area (Å²) < 4.78 is 113. The predicted molar refractivity (Wildman–Crippen MR) is 207 cm³/mol. The van der Waals surface area contributed by atoms with Crippen LogP contribution in [0.15, 0.2) is 98.7 Å². The van der Waals surface area contributed by atoms with Crippen molar-refractivity contribution in [3.63, 3.8) is 0 Å². The topological polar surface area (TPSA) is 382 Å². The quantitative estimate of drug-likeness (QED) is 0.0562. The molecule has 1 heterocycles. The molecule has 0 radical (unpaired) electrons. The van der Waals surface area contributed by atoms with Crippen LogP contribution in [0.2, 0.25) is 0 Å². The number of pyridine rings is 1. The normalized spacial score (nSPS) is 12.6. The molecule has 0 saturated carbocycles. The zero-order chi connectivity index (χ0) is 44.6. The molecule has 24 nitrogen and oxygen atoms in total. The van der Waals surface area contributed by atoms with Crippen molar-refractivity contribution in [3.05, 3.63) is 70.0 Å². The molecule has 0 atom stereocenters. The van der Waals surface area contributed by atoms with E-state index < -0.39 is 102 Å². The molecule has 0 aliphatic rings. The Morgan fingerprint density at radius 2 is 1.27 bits per heavy atom. The van der Waals surface area contributed by atoms with E-state index in [1.165, 1.54) is 40.2 Å². The molecule has 0 aliphatic carbocycles. The number of aromatic nitrogens is 1. The maximum absolute atomic E-state index is 12.6. The van der Waals surface area contributed by atoms with Gasteiger partial charge in [0.2, 0.25) is 5.88 Å². The molecule has 0 aliphatic heterocycles. The number of benzene rings is 4. The summed E-state index contributed by atoms with van der Waals surface area (Å²) in [6.45, 7) is 2.66. The highest BCUT2D eigenvalue weighted by molar-refractivity contribution is 7.86. The number of nitrogens with two attached hydrogens (primary N) is 1. The molecule has 0 saturated heterocycles. The number of aromatic hydroxyl groups is 3. The number of phenolic OH excluding ortho intramolecular Hbond substituents is 2. The number of fused-ring (bicyclic) bond motifs is 1.